The molecule has 0 fully saturated rings. The second kappa shape index (κ2) is 12.4. The third-order valence-electron chi connectivity index (χ3n) is 3.56. The van der Waals surface area contributed by atoms with Crippen LogP contribution < -0.4 is 20.1 Å². The molecular weight excluding hydrogens is 455 g/mol. The monoisotopic (exact) mass is 484 g/mol. The Morgan fingerprint density at radius 1 is 1.15 bits per heavy atom. The Bertz CT molecular complexity index is 705. The van der Waals surface area contributed by atoms with E-state index in [-0.39, 0.29) is 30.1 Å². The number of rotatable bonds is 8. The van der Waals surface area contributed by atoms with E-state index in [1.165, 1.54) is 0 Å². The Morgan fingerprint density at radius 2 is 1.93 bits per heavy atom. The fourth-order valence-corrected chi connectivity index (χ4v) is 2.36. The van der Waals surface area contributed by atoms with E-state index in [0.717, 1.165) is 29.4 Å². The zero-order valence-corrected chi connectivity index (χ0v) is 18.7. The molecule has 2 N–H and O–H groups in total. The van der Waals surface area contributed by atoms with Crippen molar-refractivity contribution in [2.24, 2.45) is 4.99 Å². The molecule has 0 aliphatic carbocycles. The van der Waals surface area contributed by atoms with Crippen LogP contribution in [0.2, 0.25) is 0 Å². The Morgan fingerprint density at radius 3 is 2.56 bits per heavy atom. The van der Waals surface area contributed by atoms with Crippen molar-refractivity contribution in [1.82, 2.24) is 15.6 Å². The number of hydrogen-bond acceptors (Lipinski definition) is 4. The van der Waals surface area contributed by atoms with Crippen LogP contribution in [0.3, 0.4) is 0 Å². The predicted molar refractivity (Wildman–Crippen MR) is 120 cm³/mol. The first-order valence-corrected chi connectivity index (χ1v) is 8.88. The molecule has 1 aromatic carbocycles. The lowest BCUT2D eigenvalue weighted by Gasteiger charge is -2.13. The van der Waals surface area contributed by atoms with Crippen LogP contribution >= 0.6 is 24.0 Å². The maximum absolute atomic E-state index is 5.56. The first-order chi connectivity index (χ1) is 12.6. The van der Waals surface area contributed by atoms with Gasteiger partial charge >= 0.3 is 0 Å². The number of nitrogens with zero attached hydrogens (tertiary/aromatic N) is 2. The molecule has 0 atom stereocenters. The number of benzene rings is 1. The molecule has 0 radical (unpaired) electrons. The Kier molecular flexibility index (Phi) is 10.5. The van der Waals surface area contributed by atoms with E-state index in [0.29, 0.717) is 19.0 Å². The maximum Gasteiger partial charge on any atom is 0.213 e. The van der Waals surface area contributed by atoms with Crippen LogP contribution in [0.25, 0.3) is 0 Å². The summed E-state index contributed by atoms with van der Waals surface area (Å²) in [5.41, 5.74) is 2.10. The number of guanidine groups is 1. The van der Waals surface area contributed by atoms with Crippen LogP contribution in [0.1, 0.15) is 31.9 Å². The van der Waals surface area contributed by atoms with Gasteiger partial charge in [-0.25, -0.2) is 9.98 Å². The summed E-state index contributed by atoms with van der Waals surface area (Å²) >= 11 is 0. The molecule has 27 heavy (non-hydrogen) atoms. The van der Waals surface area contributed by atoms with Crippen molar-refractivity contribution in [3.05, 3.63) is 53.7 Å². The summed E-state index contributed by atoms with van der Waals surface area (Å²) in [5, 5.41) is 6.58. The van der Waals surface area contributed by atoms with E-state index in [1.54, 1.807) is 13.3 Å². The fraction of sp³-hybridized carbons (Fsp3) is 0.400. The average Bonchev–Trinajstić information content (AvgIpc) is 2.65. The lowest BCUT2D eigenvalue weighted by molar-refractivity contribution is 0.232. The van der Waals surface area contributed by atoms with Crippen LogP contribution in [-0.4, -0.2) is 30.7 Å². The number of aromatic nitrogens is 1. The van der Waals surface area contributed by atoms with Crippen LogP contribution in [0, 0.1) is 0 Å². The van der Waals surface area contributed by atoms with E-state index in [1.807, 2.05) is 57.2 Å². The highest BCUT2D eigenvalue weighted by atomic mass is 127. The summed E-state index contributed by atoms with van der Waals surface area (Å²) in [6.07, 6.45) is 1.91. The zero-order chi connectivity index (χ0) is 18.8. The van der Waals surface area contributed by atoms with E-state index >= 15 is 0 Å². The number of para-hydroxylation sites is 1. The van der Waals surface area contributed by atoms with Crippen LogP contribution in [0.15, 0.2) is 47.6 Å². The van der Waals surface area contributed by atoms with Gasteiger partial charge in [0.25, 0.3) is 0 Å². The Labute approximate surface area is 178 Å². The van der Waals surface area contributed by atoms with Gasteiger partial charge in [-0.3, -0.25) is 0 Å². The molecule has 0 unspecified atom stereocenters. The molecule has 0 saturated heterocycles. The van der Waals surface area contributed by atoms with Crippen molar-refractivity contribution in [3.63, 3.8) is 0 Å². The summed E-state index contributed by atoms with van der Waals surface area (Å²) in [7, 11) is 1.68. The number of ether oxygens (including phenoxy) is 2. The summed E-state index contributed by atoms with van der Waals surface area (Å²) < 4.78 is 10.9. The molecule has 2 rings (SSSR count). The number of hydrogen-bond donors (Lipinski definition) is 2. The van der Waals surface area contributed by atoms with Gasteiger partial charge in [-0.1, -0.05) is 24.3 Å². The summed E-state index contributed by atoms with van der Waals surface area (Å²) in [6, 6.07) is 11.8. The lowest BCUT2D eigenvalue weighted by atomic mass is 10.2. The van der Waals surface area contributed by atoms with Gasteiger partial charge in [-0.2, -0.15) is 0 Å². The highest BCUT2D eigenvalue weighted by Gasteiger charge is 2.04. The minimum Gasteiger partial charge on any atom is -0.496 e. The van der Waals surface area contributed by atoms with Gasteiger partial charge in [0.1, 0.15) is 5.75 Å². The molecule has 0 amide bonds. The predicted octanol–water partition coefficient (Wildman–Crippen LogP) is 3.75. The first-order valence-electron chi connectivity index (χ1n) is 8.88. The van der Waals surface area contributed by atoms with Gasteiger partial charge in [0.15, 0.2) is 5.96 Å². The number of methoxy groups -OCH3 is 1. The standard InChI is InChI=1S/C20H28N4O2.HI/c1-5-21-20(24-14-17-8-6-7-9-18(17)25-4)23-13-16-10-11-19(22-12-16)26-15(2)3;/h6-12,15H,5,13-14H2,1-4H3,(H2,21,23,24);1H. The molecular formula is C20H29IN4O2. The third-order valence-corrected chi connectivity index (χ3v) is 3.56. The van der Waals surface area contributed by atoms with Gasteiger partial charge in [-0.05, 0) is 32.4 Å². The molecule has 0 saturated carbocycles. The summed E-state index contributed by atoms with van der Waals surface area (Å²) in [6.45, 7) is 7.97. The van der Waals surface area contributed by atoms with E-state index in [9.17, 15) is 0 Å². The number of halogens is 1. The molecule has 1 heterocycles. The normalized spacial score (nSPS) is 10.9. The Hall–Kier alpha value is -2.03. The molecule has 0 aliphatic heterocycles. The minimum atomic E-state index is 0. The fourth-order valence-electron chi connectivity index (χ4n) is 2.36. The molecule has 1 aromatic heterocycles. The second-order valence-corrected chi connectivity index (χ2v) is 6.03. The maximum atomic E-state index is 5.56. The first kappa shape index (κ1) is 23.0. The number of aliphatic imine (C=N–C) groups is 1. The molecule has 0 aliphatic rings. The summed E-state index contributed by atoms with van der Waals surface area (Å²) in [5.74, 6) is 2.25. The summed E-state index contributed by atoms with van der Waals surface area (Å²) in [4.78, 5) is 8.93. The lowest BCUT2D eigenvalue weighted by Crippen LogP contribution is -2.36. The van der Waals surface area contributed by atoms with Crippen molar-refractivity contribution < 1.29 is 9.47 Å². The quantitative estimate of drug-likeness (QED) is 0.340. The zero-order valence-electron chi connectivity index (χ0n) is 16.4. The SMILES string of the molecule is CCNC(=NCc1ccc(OC(C)C)nc1)NCc1ccccc1OC.I. The highest BCUT2D eigenvalue weighted by molar-refractivity contribution is 14.0. The van der Waals surface area contributed by atoms with Gasteiger partial charge in [0.2, 0.25) is 5.88 Å². The molecule has 6 nitrogen and oxygen atoms in total. The van der Waals surface area contributed by atoms with Crippen molar-refractivity contribution in [2.75, 3.05) is 13.7 Å². The van der Waals surface area contributed by atoms with Crippen molar-refractivity contribution in [1.29, 1.82) is 0 Å². The average molecular weight is 484 g/mol. The topological polar surface area (TPSA) is 67.8 Å². The van der Waals surface area contributed by atoms with Crippen molar-refractivity contribution in [3.8, 4) is 11.6 Å². The van der Waals surface area contributed by atoms with Crippen LogP contribution in [-0.2, 0) is 13.1 Å². The van der Waals surface area contributed by atoms with E-state index in [4.69, 9.17) is 9.47 Å². The number of nitrogens with one attached hydrogen (secondary N) is 2. The van der Waals surface area contributed by atoms with Crippen LogP contribution in [0.5, 0.6) is 11.6 Å². The third kappa shape index (κ3) is 8.03. The highest BCUT2D eigenvalue weighted by Crippen LogP contribution is 2.16. The number of pyridine rings is 1. The van der Waals surface area contributed by atoms with E-state index in [2.05, 4.69) is 20.6 Å². The van der Waals surface area contributed by atoms with E-state index < -0.39 is 0 Å². The molecule has 148 valence electrons. The molecule has 2 aromatic rings. The largest absolute Gasteiger partial charge is 0.496 e. The Balaban J connectivity index is 0.00000364. The van der Waals surface area contributed by atoms with Gasteiger partial charge < -0.3 is 20.1 Å². The van der Waals surface area contributed by atoms with Crippen molar-refractivity contribution in [2.45, 2.75) is 40.0 Å². The smallest absolute Gasteiger partial charge is 0.213 e. The molecule has 0 bridgehead atoms. The molecule has 0 spiro atoms. The van der Waals surface area contributed by atoms with Crippen LogP contribution in [0.4, 0.5) is 0 Å². The van der Waals surface area contributed by atoms with Gasteiger partial charge in [0.05, 0.1) is 19.8 Å². The van der Waals surface area contributed by atoms with Crippen molar-refractivity contribution >= 4 is 29.9 Å². The van der Waals surface area contributed by atoms with Gasteiger partial charge in [-0.15, -0.1) is 24.0 Å². The van der Waals surface area contributed by atoms with Gasteiger partial charge in [0, 0.05) is 30.9 Å². The minimum absolute atomic E-state index is 0. The second-order valence-electron chi connectivity index (χ2n) is 6.03. The molecule has 7 heteroatoms.